The standard InChI is InChI=1S/C28H28N2O6/c31-17-21(30-16-22(32)18-35-23-4-2-1-3-5-23)14-19-6-9-24(10-7-19)36-27-12-13-29-26-15-20(28(33)34)8-11-25(26)27/h1-13,15,21-22,30-32H,14,16-18H2,(H,33,34)/t21-,22?/m0/s1. The second kappa shape index (κ2) is 12.1. The Hall–Kier alpha value is -3.98. The van der Waals surface area contributed by atoms with Crippen LogP contribution in [0.1, 0.15) is 15.9 Å². The molecule has 0 aliphatic rings. The van der Waals surface area contributed by atoms with E-state index in [4.69, 9.17) is 9.47 Å². The van der Waals surface area contributed by atoms with Crippen LogP contribution < -0.4 is 14.8 Å². The first-order valence-electron chi connectivity index (χ1n) is 11.6. The number of aliphatic hydroxyl groups is 2. The molecule has 186 valence electrons. The minimum Gasteiger partial charge on any atom is -0.491 e. The summed E-state index contributed by atoms with van der Waals surface area (Å²) in [5.41, 5.74) is 1.70. The molecule has 4 N–H and O–H groups in total. The van der Waals surface area contributed by atoms with Crippen molar-refractivity contribution in [1.29, 1.82) is 0 Å². The van der Waals surface area contributed by atoms with Crippen LogP contribution in [0.25, 0.3) is 10.9 Å². The molecule has 0 saturated heterocycles. The summed E-state index contributed by atoms with van der Waals surface area (Å²) in [5, 5.41) is 33.0. The predicted molar refractivity (Wildman–Crippen MR) is 136 cm³/mol. The average molecular weight is 489 g/mol. The normalized spacial score (nSPS) is 12.7. The number of aromatic nitrogens is 1. The number of carboxylic acids is 1. The van der Waals surface area contributed by atoms with Crippen LogP contribution in [-0.4, -0.2) is 58.2 Å². The summed E-state index contributed by atoms with van der Waals surface area (Å²) in [6.07, 6.45) is 1.44. The number of aromatic carboxylic acids is 1. The van der Waals surface area contributed by atoms with E-state index in [9.17, 15) is 20.1 Å². The number of rotatable bonds is 12. The SMILES string of the molecule is O=C(O)c1ccc2c(Oc3ccc(C[C@@H](CO)NCC(O)COc4ccccc4)cc3)ccnc2c1. The van der Waals surface area contributed by atoms with E-state index in [2.05, 4.69) is 10.3 Å². The van der Waals surface area contributed by atoms with Crippen LogP contribution in [0.3, 0.4) is 0 Å². The third-order valence-corrected chi connectivity index (χ3v) is 5.63. The Labute approximate surface area is 208 Å². The number of ether oxygens (including phenoxy) is 2. The minimum atomic E-state index is -1.01. The van der Waals surface area contributed by atoms with Gasteiger partial charge in [0.1, 0.15) is 30.0 Å². The molecule has 0 bridgehead atoms. The van der Waals surface area contributed by atoms with E-state index in [0.717, 1.165) is 5.56 Å². The molecule has 8 heteroatoms. The molecule has 0 spiro atoms. The first-order valence-corrected chi connectivity index (χ1v) is 11.6. The molecule has 0 fully saturated rings. The summed E-state index contributed by atoms with van der Waals surface area (Å²) >= 11 is 0. The van der Waals surface area contributed by atoms with Gasteiger partial charge in [0.2, 0.25) is 0 Å². The van der Waals surface area contributed by atoms with Crippen molar-refractivity contribution in [3.8, 4) is 17.2 Å². The average Bonchev–Trinajstić information content (AvgIpc) is 2.91. The Kier molecular flexibility index (Phi) is 8.46. The number of para-hydroxylation sites is 1. The van der Waals surface area contributed by atoms with E-state index in [-0.39, 0.29) is 31.4 Å². The predicted octanol–water partition coefficient (Wildman–Crippen LogP) is 3.66. The number of nitrogens with zero attached hydrogens (tertiary/aromatic N) is 1. The highest BCUT2D eigenvalue weighted by Gasteiger charge is 2.13. The van der Waals surface area contributed by atoms with Crippen LogP contribution in [0, 0.1) is 0 Å². The number of hydrogen-bond acceptors (Lipinski definition) is 7. The lowest BCUT2D eigenvalue weighted by atomic mass is 10.1. The number of benzene rings is 3. The molecule has 1 aromatic heterocycles. The molecule has 3 aromatic carbocycles. The number of fused-ring (bicyclic) bond motifs is 1. The van der Waals surface area contributed by atoms with E-state index < -0.39 is 12.1 Å². The van der Waals surface area contributed by atoms with E-state index >= 15 is 0 Å². The second-order valence-electron chi connectivity index (χ2n) is 8.36. The summed E-state index contributed by atoms with van der Waals surface area (Å²) in [6, 6.07) is 23.0. The topological polar surface area (TPSA) is 121 Å². The Morgan fingerprint density at radius 2 is 1.75 bits per heavy atom. The molecule has 0 aliphatic heterocycles. The zero-order valence-corrected chi connectivity index (χ0v) is 19.6. The summed E-state index contributed by atoms with van der Waals surface area (Å²) in [4.78, 5) is 15.5. The Balaban J connectivity index is 1.31. The lowest BCUT2D eigenvalue weighted by Crippen LogP contribution is -2.41. The molecule has 1 heterocycles. The van der Waals surface area contributed by atoms with E-state index in [1.807, 2.05) is 54.6 Å². The third-order valence-electron chi connectivity index (χ3n) is 5.63. The van der Waals surface area contributed by atoms with Crippen molar-refractivity contribution >= 4 is 16.9 Å². The van der Waals surface area contributed by atoms with Crippen molar-refractivity contribution in [2.75, 3.05) is 19.8 Å². The van der Waals surface area contributed by atoms with Gasteiger partial charge in [-0.1, -0.05) is 30.3 Å². The fourth-order valence-corrected chi connectivity index (χ4v) is 3.72. The Bertz CT molecular complexity index is 1280. The lowest BCUT2D eigenvalue weighted by molar-refractivity contribution is 0.0697. The van der Waals surface area contributed by atoms with Crippen LogP contribution in [0.5, 0.6) is 17.2 Å². The fraction of sp³-hybridized carbons (Fsp3) is 0.214. The van der Waals surface area contributed by atoms with Crippen LogP contribution in [-0.2, 0) is 6.42 Å². The largest absolute Gasteiger partial charge is 0.491 e. The van der Waals surface area contributed by atoms with Gasteiger partial charge in [-0.15, -0.1) is 0 Å². The van der Waals surface area contributed by atoms with Gasteiger partial charge in [0.25, 0.3) is 0 Å². The molecular formula is C28H28N2O6. The molecule has 0 aliphatic carbocycles. The van der Waals surface area contributed by atoms with Crippen molar-refractivity contribution < 1.29 is 29.6 Å². The lowest BCUT2D eigenvalue weighted by Gasteiger charge is -2.19. The maximum absolute atomic E-state index is 11.2. The number of hydrogen-bond donors (Lipinski definition) is 4. The molecular weight excluding hydrogens is 460 g/mol. The number of pyridine rings is 1. The van der Waals surface area contributed by atoms with Crippen molar-refractivity contribution in [3.63, 3.8) is 0 Å². The zero-order chi connectivity index (χ0) is 25.3. The first kappa shape index (κ1) is 25.1. The molecule has 4 aromatic rings. The van der Waals surface area contributed by atoms with Crippen molar-refractivity contribution in [3.05, 3.63) is 96.2 Å². The fourth-order valence-electron chi connectivity index (χ4n) is 3.72. The first-order chi connectivity index (χ1) is 17.5. The van der Waals surface area contributed by atoms with Crippen LogP contribution in [0.15, 0.2) is 85.1 Å². The molecule has 0 saturated carbocycles. The van der Waals surface area contributed by atoms with Crippen LogP contribution in [0.2, 0.25) is 0 Å². The van der Waals surface area contributed by atoms with Gasteiger partial charge in [0, 0.05) is 24.2 Å². The van der Waals surface area contributed by atoms with Crippen molar-refractivity contribution in [2.24, 2.45) is 0 Å². The highest BCUT2D eigenvalue weighted by atomic mass is 16.5. The maximum Gasteiger partial charge on any atom is 0.335 e. The minimum absolute atomic E-state index is 0.0775. The van der Waals surface area contributed by atoms with E-state index in [1.165, 1.54) is 12.1 Å². The summed E-state index contributed by atoms with van der Waals surface area (Å²) in [6.45, 7) is 0.367. The molecule has 36 heavy (non-hydrogen) atoms. The van der Waals surface area contributed by atoms with Gasteiger partial charge in [-0.25, -0.2) is 4.79 Å². The number of aliphatic hydroxyl groups excluding tert-OH is 2. The quantitative estimate of drug-likeness (QED) is 0.238. The van der Waals surface area contributed by atoms with Crippen molar-refractivity contribution in [1.82, 2.24) is 10.3 Å². The molecule has 0 radical (unpaired) electrons. The molecule has 0 amide bonds. The monoisotopic (exact) mass is 488 g/mol. The summed E-state index contributed by atoms with van der Waals surface area (Å²) in [5.74, 6) is 0.885. The molecule has 8 nitrogen and oxygen atoms in total. The van der Waals surface area contributed by atoms with Gasteiger partial charge in [0.15, 0.2) is 0 Å². The molecule has 4 rings (SSSR count). The van der Waals surface area contributed by atoms with Crippen molar-refractivity contribution in [2.45, 2.75) is 18.6 Å². The third kappa shape index (κ3) is 6.79. The highest BCUT2D eigenvalue weighted by molar-refractivity contribution is 5.94. The highest BCUT2D eigenvalue weighted by Crippen LogP contribution is 2.29. The summed E-state index contributed by atoms with van der Waals surface area (Å²) in [7, 11) is 0. The van der Waals surface area contributed by atoms with Gasteiger partial charge < -0.3 is 30.1 Å². The maximum atomic E-state index is 11.2. The molecule has 2 atom stereocenters. The number of carboxylic acid groups (broad SMARTS) is 1. The van der Waals surface area contributed by atoms with Gasteiger partial charge in [-0.05, 0) is 60.5 Å². The Morgan fingerprint density at radius 1 is 0.972 bits per heavy atom. The zero-order valence-electron chi connectivity index (χ0n) is 19.6. The van der Waals surface area contributed by atoms with Crippen LogP contribution in [0.4, 0.5) is 0 Å². The van der Waals surface area contributed by atoms with Crippen LogP contribution >= 0.6 is 0 Å². The Morgan fingerprint density at radius 3 is 2.47 bits per heavy atom. The van der Waals surface area contributed by atoms with Gasteiger partial charge in [-0.2, -0.15) is 0 Å². The molecule has 1 unspecified atom stereocenters. The van der Waals surface area contributed by atoms with Gasteiger partial charge in [0.05, 0.1) is 17.7 Å². The smallest absolute Gasteiger partial charge is 0.335 e. The van der Waals surface area contributed by atoms with Gasteiger partial charge in [-0.3, -0.25) is 4.98 Å². The number of carbonyl (C=O) groups is 1. The number of nitrogens with one attached hydrogen (secondary N) is 1. The van der Waals surface area contributed by atoms with E-state index in [1.54, 1.807) is 18.3 Å². The second-order valence-corrected chi connectivity index (χ2v) is 8.36. The van der Waals surface area contributed by atoms with Gasteiger partial charge >= 0.3 is 5.97 Å². The summed E-state index contributed by atoms with van der Waals surface area (Å²) < 4.78 is 11.6. The van der Waals surface area contributed by atoms with E-state index in [0.29, 0.717) is 34.6 Å².